The lowest BCUT2D eigenvalue weighted by Crippen LogP contribution is -2.11. The highest BCUT2D eigenvalue weighted by Crippen LogP contribution is 2.39. The largest absolute Gasteiger partial charge is 0.354 e. The molecule has 0 atom stereocenters. The fourth-order valence-corrected chi connectivity index (χ4v) is 4.28. The highest BCUT2D eigenvalue weighted by molar-refractivity contribution is 6.38. The van der Waals surface area contributed by atoms with Crippen molar-refractivity contribution in [1.82, 2.24) is 9.88 Å². The van der Waals surface area contributed by atoms with Crippen LogP contribution >= 0.6 is 11.6 Å². The van der Waals surface area contributed by atoms with Crippen molar-refractivity contribution in [3.63, 3.8) is 0 Å². The number of anilines is 2. The van der Waals surface area contributed by atoms with Gasteiger partial charge in [0.15, 0.2) is 0 Å². The van der Waals surface area contributed by atoms with Crippen LogP contribution in [0.25, 0.3) is 22.2 Å². The summed E-state index contributed by atoms with van der Waals surface area (Å²) in [7, 11) is 4.09. The summed E-state index contributed by atoms with van der Waals surface area (Å²) in [5, 5.41) is 8.06. The molecule has 3 aromatic carbocycles. The quantitative estimate of drug-likeness (QED) is 0.369. The zero-order chi connectivity index (χ0) is 22.9. The van der Waals surface area contributed by atoms with Crippen molar-refractivity contribution in [2.45, 2.75) is 6.54 Å². The van der Waals surface area contributed by atoms with E-state index in [-0.39, 0.29) is 5.91 Å². The highest BCUT2D eigenvalue weighted by atomic mass is 35.5. The van der Waals surface area contributed by atoms with E-state index in [0.717, 1.165) is 40.0 Å². The lowest BCUT2D eigenvalue weighted by molar-refractivity contribution is -0.110. The first-order chi connectivity index (χ1) is 16.0. The molecule has 1 amide bonds. The van der Waals surface area contributed by atoms with Gasteiger partial charge in [0, 0.05) is 34.4 Å². The fraction of sp³-hybridized carbons (Fsp3) is 0.111. The fourth-order valence-electron chi connectivity index (χ4n) is 4.11. The van der Waals surface area contributed by atoms with Gasteiger partial charge in [0.25, 0.3) is 5.91 Å². The molecule has 33 heavy (non-hydrogen) atoms. The Morgan fingerprint density at radius 3 is 2.64 bits per heavy atom. The van der Waals surface area contributed by atoms with E-state index in [0.29, 0.717) is 16.3 Å². The minimum Gasteiger partial charge on any atom is -0.354 e. The molecule has 0 bridgehead atoms. The number of carbonyl (C=O) groups excluding carboxylic acids is 1. The van der Waals surface area contributed by atoms with E-state index in [9.17, 15) is 4.79 Å². The molecule has 6 heteroatoms. The lowest BCUT2D eigenvalue weighted by Gasteiger charge is -2.16. The van der Waals surface area contributed by atoms with Gasteiger partial charge in [0.1, 0.15) is 0 Å². The number of nitrogens with zero attached hydrogens (tertiary/aromatic N) is 2. The molecule has 1 aliphatic rings. The highest BCUT2D eigenvalue weighted by Gasteiger charge is 2.28. The summed E-state index contributed by atoms with van der Waals surface area (Å²) in [6.07, 6.45) is 1.78. The number of benzene rings is 3. The first-order valence-corrected chi connectivity index (χ1v) is 11.1. The summed E-state index contributed by atoms with van der Waals surface area (Å²) in [6.45, 7) is 0.864. The molecule has 0 unspecified atom stereocenters. The molecule has 1 aliphatic heterocycles. The molecule has 0 aliphatic carbocycles. The smallest absolute Gasteiger partial charge is 0.258 e. The van der Waals surface area contributed by atoms with Gasteiger partial charge in [-0.05, 0) is 67.7 Å². The monoisotopic (exact) mass is 454 g/mol. The number of amides is 1. The van der Waals surface area contributed by atoms with Gasteiger partial charge >= 0.3 is 0 Å². The third-order valence-corrected chi connectivity index (χ3v) is 5.83. The second-order valence-corrected chi connectivity index (χ2v) is 8.80. The van der Waals surface area contributed by atoms with Gasteiger partial charge < -0.3 is 15.5 Å². The number of nitrogens with one attached hydrogen (secondary N) is 2. The Hall–Kier alpha value is -3.67. The van der Waals surface area contributed by atoms with Crippen LogP contribution < -0.4 is 10.6 Å². The molecule has 0 radical (unpaired) electrons. The van der Waals surface area contributed by atoms with E-state index >= 15 is 0 Å². The standard InChI is InChI=1S/C27H23ClN4O/c1-32(2)16-17-5-9-21(10-6-17)30-26(19-7-12-23-18(14-19)4-3-13-29-23)25-22-11-8-20(28)15-24(22)31-27(25)33/h3-15,30H,16H2,1-2H3,(H,31,33). The van der Waals surface area contributed by atoms with Gasteiger partial charge in [-0.25, -0.2) is 0 Å². The van der Waals surface area contributed by atoms with Crippen LogP contribution in [0.5, 0.6) is 0 Å². The van der Waals surface area contributed by atoms with E-state index in [4.69, 9.17) is 11.6 Å². The zero-order valence-electron chi connectivity index (χ0n) is 18.4. The second kappa shape index (κ2) is 8.70. The molecule has 0 saturated carbocycles. The average Bonchev–Trinajstić information content (AvgIpc) is 3.12. The van der Waals surface area contributed by atoms with Crippen LogP contribution in [0.2, 0.25) is 5.02 Å². The van der Waals surface area contributed by atoms with Crippen LogP contribution in [0, 0.1) is 0 Å². The van der Waals surface area contributed by atoms with Crippen molar-refractivity contribution in [3.8, 4) is 0 Å². The topological polar surface area (TPSA) is 57.3 Å². The first kappa shape index (κ1) is 21.2. The Labute approximate surface area is 197 Å². The Morgan fingerprint density at radius 1 is 1.03 bits per heavy atom. The minimum atomic E-state index is -0.162. The second-order valence-electron chi connectivity index (χ2n) is 8.36. The third-order valence-electron chi connectivity index (χ3n) is 5.59. The van der Waals surface area contributed by atoms with Crippen LogP contribution in [0.3, 0.4) is 0 Å². The van der Waals surface area contributed by atoms with Crippen LogP contribution in [0.4, 0.5) is 11.4 Å². The number of hydrogen-bond acceptors (Lipinski definition) is 4. The Bertz CT molecular complexity index is 1390. The zero-order valence-corrected chi connectivity index (χ0v) is 19.1. The van der Waals surface area contributed by atoms with E-state index in [1.807, 2.05) is 56.6 Å². The molecular weight excluding hydrogens is 432 g/mol. The molecule has 1 aromatic heterocycles. The molecule has 5 rings (SSSR count). The maximum Gasteiger partial charge on any atom is 0.258 e. The molecule has 0 spiro atoms. The van der Waals surface area contributed by atoms with Crippen LogP contribution in [-0.2, 0) is 11.3 Å². The molecule has 2 N–H and O–H groups in total. The third kappa shape index (κ3) is 4.33. The summed E-state index contributed by atoms with van der Waals surface area (Å²) in [4.78, 5) is 19.7. The van der Waals surface area contributed by atoms with Crippen LogP contribution in [0.15, 0.2) is 79.0 Å². The number of aromatic nitrogens is 1. The normalized spacial score (nSPS) is 14.4. The van der Waals surface area contributed by atoms with Crippen molar-refractivity contribution in [2.24, 2.45) is 0 Å². The van der Waals surface area contributed by atoms with Crippen molar-refractivity contribution >= 4 is 51.1 Å². The Kier molecular flexibility index (Phi) is 5.58. The van der Waals surface area contributed by atoms with Gasteiger partial charge in [0.2, 0.25) is 0 Å². The van der Waals surface area contributed by atoms with E-state index in [1.165, 1.54) is 5.56 Å². The minimum absolute atomic E-state index is 0.162. The SMILES string of the molecule is CN(C)Cc1ccc(NC(=C2C(=O)Nc3cc(Cl)ccc32)c2ccc3ncccc3c2)cc1. The van der Waals surface area contributed by atoms with Crippen LogP contribution in [0.1, 0.15) is 16.7 Å². The molecule has 5 nitrogen and oxygen atoms in total. The molecule has 4 aromatic rings. The van der Waals surface area contributed by atoms with Gasteiger partial charge in [-0.3, -0.25) is 9.78 Å². The van der Waals surface area contributed by atoms with Gasteiger partial charge in [-0.2, -0.15) is 0 Å². The predicted octanol–water partition coefficient (Wildman–Crippen LogP) is 5.88. The molecule has 2 heterocycles. The van der Waals surface area contributed by atoms with Crippen molar-refractivity contribution < 1.29 is 4.79 Å². The average molecular weight is 455 g/mol. The Balaban J connectivity index is 1.64. The summed E-state index contributed by atoms with van der Waals surface area (Å²) in [5.74, 6) is -0.162. The summed E-state index contributed by atoms with van der Waals surface area (Å²) in [5.41, 5.74) is 6.79. The number of carbonyl (C=O) groups is 1. The van der Waals surface area contributed by atoms with Gasteiger partial charge in [0.05, 0.1) is 22.5 Å². The number of hydrogen-bond donors (Lipinski definition) is 2. The van der Waals surface area contributed by atoms with E-state index in [2.05, 4.69) is 38.7 Å². The van der Waals surface area contributed by atoms with Crippen molar-refractivity contribution in [2.75, 3.05) is 24.7 Å². The summed E-state index contributed by atoms with van der Waals surface area (Å²) >= 11 is 6.17. The van der Waals surface area contributed by atoms with E-state index < -0.39 is 0 Å². The number of halogens is 1. The van der Waals surface area contributed by atoms with Crippen LogP contribution in [-0.4, -0.2) is 29.9 Å². The summed E-state index contributed by atoms with van der Waals surface area (Å²) < 4.78 is 0. The van der Waals surface area contributed by atoms with Crippen molar-refractivity contribution in [1.29, 1.82) is 0 Å². The first-order valence-electron chi connectivity index (χ1n) is 10.7. The molecule has 164 valence electrons. The number of pyridine rings is 1. The molecule has 0 saturated heterocycles. The van der Waals surface area contributed by atoms with E-state index in [1.54, 1.807) is 18.3 Å². The van der Waals surface area contributed by atoms with Gasteiger partial charge in [-0.1, -0.05) is 41.9 Å². The summed E-state index contributed by atoms with van der Waals surface area (Å²) in [6, 6.07) is 23.7. The maximum atomic E-state index is 13.1. The number of fused-ring (bicyclic) bond motifs is 2. The maximum absolute atomic E-state index is 13.1. The molecule has 0 fully saturated rings. The Morgan fingerprint density at radius 2 is 1.85 bits per heavy atom. The predicted molar refractivity (Wildman–Crippen MR) is 136 cm³/mol. The van der Waals surface area contributed by atoms with Crippen molar-refractivity contribution in [3.05, 3.63) is 101 Å². The molecular formula is C27H23ClN4O. The lowest BCUT2D eigenvalue weighted by atomic mass is 9.99. The number of rotatable bonds is 5. The van der Waals surface area contributed by atoms with Gasteiger partial charge in [-0.15, -0.1) is 0 Å².